The molecule has 4 aliphatic carbocycles. The number of hydrogen-bond acceptors (Lipinski definition) is 5. The zero-order chi connectivity index (χ0) is 20.5. The van der Waals surface area contributed by atoms with E-state index in [0.29, 0.717) is 25.6 Å². The monoisotopic (exact) mass is 390 g/mol. The summed E-state index contributed by atoms with van der Waals surface area (Å²) in [6.45, 7) is 3.06. The predicted molar refractivity (Wildman–Crippen MR) is 98.7 cm³/mol. The topological polar surface area (TPSA) is 91.7 Å². The van der Waals surface area contributed by atoms with Crippen molar-refractivity contribution < 1.29 is 29.0 Å². The molecular weight excluding hydrogens is 363 g/mol. The van der Waals surface area contributed by atoms with Gasteiger partial charge in [-0.25, -0.2) is 4.39 Å². The van der Waals surface area contributed by atoms with Crippen molar-refractivity contribution in [3.05, 3.63) is 23.6 Å². The predicted octanol–water partition coefficient (Wildman–Crippen LogP) is 2.45. The normalized spacial score (nSPS) is 46.7. The summed E-state index contributed by atoms with van der Waals surface area (Å²) < 4.78 is 13.7. The maximum atomic E-state index is 13.7. The number of fused-ring (bicyclic) bond motifs is 5. The van der Waals surface area contributed by atoms with Crippen LogP contribution in [0.2, 0.25) is 0 Å². The Labute approximate surface area is 163 Å². The highest BCUT2D eigenvalue weighted by Crippen LogP contribution is 2.68. The lowest BCUT2D eigenvalue weighted by molar-refractivity contribution is -0.160. The van der Waals surface area contributed by atoms with Gasteiger partial charge in [-0.05, 0) is 66.9 Å². The summed E-state index contributed by atoms with van der Waals surface area (Å²) >= 11 is 0. The Balaban J connectivity index is 1.76. The van der Waals surface area contributed by atoms with Crippen LogP contribution in [0.3, 0.4) is 0 Å². The van der Waals surface area contributed by atoms with E-state index in [-0.39, 0.29) is 42.0 Å². The highest BCUT2D eigenvalue weighted by molar-refractivity contribution is 6.42. The maximum Gasteiger partial charge on any atom is 0.221 e. The molecule has 3 saturated carbocycles. The number of aliphatic hydroxyl groups excluding tert-OH is 1. The van der Waals surface area contributed by atoms with E-state index in [1.165, 1.54) is 6.08 Å². The van der Waals surface area contributed by atoms with Crippen molar-refractivity contribution in [2.45, 2.75) is 58.0 Å². The first-order valence-electron chi connectivity index (χ1n) is 10.1. The Kier molecular flexibility index (Phi) is 4.33. The molecule has 0 aromatic heterocycles. The van der Waals surface area contributed by atoms with Crippen LogP contribution < -0.4 is 0 Å². The number of ketones is 3. The molecule has 5 nitrogen and oxygen atoms in total. The summed E-state index contributed by atoms with van der Waals surface area (Å²) in [4.78, 5) is 36.6. The van der Waals surface area contributed by atoms with Gasteiger partial charge < -0.3 is 10.2 Å². The lowest BCUT2D eigenvalue weighted by Gasteiger charge is -2.58. The van der Waals surface area contributed by atoms with Gasteiger partial charge in [0.15, 0.2) is 11.4 Å². The summed E-state index contributed by atoms with van der Waals surface area (Å²) in [6, 6.07) is 0. The highest BCUT2D eigenvalue weighted by atomic mass is 19.1. The van der Waals surface area contributed by atoms with E-state index in [4.69, 9.17) is 0 Å². The van der Waals surface area contributed by atoms with Crippen molar-refractivity contribution in [3.8, 4) is 0 Å². The number of rotatable bonds is 2. The molecule has 0 heterocycles. The van der Waals surface area contributed by atoms with Crippen LogP contribution in [0, 0.1) is 28.6 Å². The number of aliphatic hydroxyl groups is 2. The van der Waals surface area contributed by atoms with Gasteiger partial charge in [-0.15, -0.1) is 0 Å². The van der Waals surface area contributed by atoms with Crippen molar-refractivity contribution in [3.63, 3.8) is 0 Å². The second kappa shape index (κ2) is 6.17. The molecule has 152 valence electrons. The van der Waals surface area contributed by atoms with E-state index in [1.807, 2.05) is 6.92 Å². The highest BCUT2D eigenvalue weighted by Gasteiger charge is 2.68. The van der Waals surface area contributed by atoms with Crippen LogP contribution in [0.4, 0.5) is 4.39 Å². The van der Waals surface area contributed by atoms with E-state index < -0.39 is 34.6 Å². The van der Waals surface area contributed by atoms with Crippen LogP contribution in [0.25, 0.3) is 0 Å². The van der Waals surface area contributed by atoms with Crippen LogP contribution in [-0.4, -0.2) is 39.8 Å². The van der Waals surface area contributed by atoms with Crippen molar-refractivity contribution in [2.24, 2.45) is 28.6 Å². The number of carbonyl (C=O) groups excluding carboxylic acids is 3. The molecule has 4 aliphatic rings. The summed E-state index contributed by atoms with van der Waals surface area (Å²) in [7, 11) is 0. The van der Waals surface area contributed by atoms with Gasteiger partial charge in [0.05, 0.1) is 6.33 Å². The third-order valence-electron chi connectivity index (χ3n) is 8.64. The maximum absolute atomic E-state index is 13.7. The Morgan fingerprint density at radius 3 is 2.64 bits per heavy atom. The van der Waals surface area contributed by atoms with Crippen molar-refractivity contribution in [1.29, 1.82) is 0 Å². The standard InChI is InChI=1S/C22H27FO5/c1-20-9-18(26)17(25)8-12(20)3-4-14-15(20)5-6-21(2)16(14)7-13(10-23)22(21,28)19(27)11-24/h8,10,14-16,24,28H,3-7,9,11H2,1-2H3/t14-,15+,16+,20+,21+,22+/m1/s1. The molecule has 6 atom stereocenters. The van der Waals surface area contributed by atoms with Crippen LogP contribution in [0.15, 0.2) is 23.6 Å². The Morgan fingerprint density at radius 1 is 1.29 bits per heavy atom. The molecule has 0 radical (unpaired) electrons. The van der Waals surface area contributed by atoms with Gasteiger partial charge in [0.25, 0.3) is 0 Å². The van der Waals surface area contributed by atoms with Crippen LogP contribution >= 0.6 is 0 Å². The zero-order valence-corrected chi connectivity index (χ0v) is 16.3. The number of halogens is 1. The van der Waals surface area contributed by atoms with Crippen molar-refractivity contribution in [2.75, 3.05) is 6.61 Å². The molecule has 2 N–H and O–H groups in total. The smallest absolute Gasteiger partial charge is 0.221 e. The minimum Gasteiger partial charge on any atom is -0.388 e. The lowest BCUT2D eigenvalue weighted by atomic mass is 9.46. The van der Waals surface area contributed by atoms with E-state index in [2.05, 4.69) is 6.92 Å². The van der Waals surface area contributed by atoms with Gasteiger partial charge in [-0.1, -0.05) is 19.4 Å². The summed E-state index contributed by atoms with van der Waals surface area (Å²) in [6.07, 6.45) is 5.01. The fourth-order valence-corrected chi connectivity index (χ4v) is 7.10. The molecule has 0 amide bonds. The fourth-order valence-electron chi connectivity index (χ4n) is 7.10. The van der Waals surface area contributed by atoms with E-state index in [0.717, 1.165) is 12.0 Å². The van der Waals surface area contributed by atoms with Gasteiger partial charge in [0.1, 0.15) is 6.61 Å². The third-order valence-corrected chi connectivity index (χ3v) is 8.64. The molecule has 0 aromatic rings. The molecule has 0 spiro atoms. The first kappa shape index (κ1) is 19.6. The van der Waals surface area contributed by atoms with Gasteiger partial charge in [0, 0.05) is 11.8 Å². The SMILES string of the molecule is C[C@]12CC(=O)C(=O)C=C1CC[C@@H]1[C@@H]2CC[C@@]2(C)[C@H]1CC(=CF)[C@]2(O)C(=O)CO. The molecule has 0 saturated heterocycles. The molecule has 28 heavy (non-hydrogen) atoms. The quantitative estimate of drug-likeness (QED) is 0.707. The number of allylic oxidation sites excluding steroid dienone is 1. The van der Waals surface area contributed by atoms with E-state index in [9.17, 15) is 29.0 Å². The number of Topliss-reactive ketones (excluding diaryl/α,β-unsaturated/α-hetero) is 2. The molecule has 0 aromatic carbocycles. The number of carbonyl (C=O) groups is 3. The average molecular weight is 390 g/mol. The van der Waals surface area contributed by atoms with E-state index >= 15 is 0 Å². The Hall–Kier alpha value is -1.66. The molecule has 0 bridgehead atoms. The Bertz CT molecular complexity index is 829. The zero-order valence-electron chi connectivity index (χ0n) is 16.3. The minimum absolute atomic E-state index is 0.0566. The van der Waals surface area contributed by atoms with Gasteiger partial charge in [-0.3, -0.25) is 14.4 Å². The van der Waals surface area contributed by atoms with Crippen molar-refractivity contribution >= 4 is 17.3 Å². The minimum atomic E-state index is -1.98. The first-order valence-corrected chi connectivity index (χ1v) is 10.1. The second-order valence-corrected chi connectivity index (χ2v) is 9.55. The van der Waals surface area contributed by atoms with Crippen LogP contribution in [-0.2, 0) is 14.4 Å². The van der Waals surface area contributed by atoms with Gasteiger partial charge in [-0.2, -0.15) is 0 Å². The second-order valence-electron chi connectivity index (χ2n) is 9.55. The lowest BCUT2D eigenvalue weighted by Crippen LogP contribution is -2.58. The molecular formula is C22H27FO5. The van der Waals surface area contributed by atoms with Gasteiger partial charge in [0.2, 0.25) is 11.6 Å². The Morgan fingerprint density at radius 2 is 2.00 bits per heavy atom. The molecule has 3 fully saturated rings. The number of hydrogen-bond donors (Lipinski definition) is 2. The summed E-state index contributed by atoms with van der Waals surface area (Å²) in [5.74, 6) is -1.37. The average Bonchev–Trinajstić information content (AvgIpc) is 2.90. The van der Waals surface area contributed by atoms with Crippen LogP contribution in [0.5, 0.6) is 0 Å². The third kappa shape index (κ3) is 2.22. The largest absolute Gasteiger partial charge is 0.388 e. The summed E-state index contributed by atoms with van der Waals surface area (Å²) in [5.41, 5.74) is -2.14. The summed E-state index contributed by atoms with van der Waals surface area (Å²) in [5, 5.41) is 20.7. The molecule has 0 aliphatic heterocycles. The molecule has 4 rings (SSSR count). The fraction of sp³-hybridized carbons (Fsp3) is 0.682. The first-order chi connectivity index (χ1) is 13.1. The van der Waals surface area contributed by atoms with Crippen LogP contribution in [0.1, 0.15) is 52.4 Å². The van der Waals surface area contributed by atoms with E-state index in [1.54, 1.807) is 0 Å². The van der Waals surface area contributed by atoms with Crippen molar-refractivity contribution in [1.82, 2.24) is 0 Å². The molecule has 6 heteroatoms. The molecule has 0 unspecified atom stereocenters. The van der Waals surface area contributed by atoms with Gasteiger partial charge >= 0.3 is 0 Å².